The average molecular weight is 290 g/mol. The van der Waals surface area contributed by atoms with Crippen molar-refractivity contribution in [1.29, 1.82) is 0 Å². The first-order valence-electron chi connectivity index (χ1n) is 6.79. The number of amides is 1. The van der Waals surface area contributed by atoms with Gasteiger partial charge in [0.2, 0.25) is 0 Å². The fraction of sp³-hybridized carbons (Fsp3) is 0.333. The molecule has 1 aromatic heterocycles. The first kappa shape index (κ1) is 15.0. The number of hydrogen-bond acceptors (Lipinski definition) is 3. The zero-order valence-electron chi connectivity index (χ0n) is 12.4. The SMILES string of the molecule is CCn1cc(N)c(C(=O)NCc2cc(C)c(F)c(C)c2)n1. The van der Waals surface area contributed by atoms with E-state index in [1.54, 1.807) is 36.9 Å². The highest BCUT2D eigenvalue weighted by molar-refractivity contribution is 5.96. The summed E-state index contributed by atoms with van der Waals surface area (Å²) in [4.78, 5) is 12.1. The smallest absolute Gasteiger partial charge is 0.274 e. The number of carbonyl (C=O) groups excluding carboxylic acids is 1. The fourth-order valence-electron chi connectivity index (χ4n) is 2.18. The molecule has 0 fully saturated rings. The van der Waals surface area contributed by atoms with Gasteiger partial charge in [0, 0.05) is 19.3 Å². The Labute approximate surface area is 123 Å². The molecule has 0 atom stereocenters. The summed E-state index contributed by atoms with van der Waals surface area (Å²) in [5.41, 5.74) is 8.29. The van der Waals surface area contributed by atoms with E-state index in [1.807, 2.05) is 6.92 Å². The van der Waals surface area contributed by atoms with Crippen LogP contribution in [-0.2, 0) is 13.1 Å². The minimum Gasteiger partial charge on any atom is -0.396 e. The lowest BCUT2D eigenvalue weighted by atomic mass is 10.1. The van der Waals surface area contributed by atoms with Crippen molar-refractivity contribution in [3.8, 4) is 0 Å². The van der Waals surface area contributed by atoms with Crippen LogP contribution in [-0.4, -0.2) is 15.7 Å². The lowest BCUT2D eigenvalue weighted by Crippen LogP contribution is -2.24. The van der Waals surface area contributed by atoms with E-state index in [0.717, 1.165) is 5.56 Å². The Morgan fingerprint density at radius 1 is 1.38 bits per heavy atom. The molecule has 0 bridgehead atoms. The summed E-state index contributed by atoms with van der Waals surface area (Å²) >= 11 is 0. The third-order valence-electron chi connectivity index (χ3n) is 3.28. The first-order valence-corrected chi connectivity index (χ1v) is 6.79. The van der Waals surface area contributed by atoms with Crippen LogP contribution >= 0.6 is 0 Å². The van der Waals surface area contributed by atoms with E-state index < -0.39 is 0 Å². The molecule has 0 radical (unpaired) electrons. The molecule has 0 unspecified atom stereocenters. The van der Waals surface area contributed by atoms with Crippen LogP contribution in [0.15, 0.2) is 18.3 Å². The lowest BCUT2D eigenvalue weighted by Gasteiger charge is -2.08. The molecule has 0 saturated carbocycles. The summed E-state index contributed by atoms with van der Waals surface area (Å²) in [5, 5.41) is 6.86. The third-order valence-corrected chi connectivity index (χ3v) is 3.28. The van der Waals surface area contributed by atoms with Crippen molar-refractivity contribution in [2.45, 2.75) is 33.9 Å². The van der Waals surface area contributed by atoms with Gasteiger partial charge >= 0.3 is 0 Å². The number of aryl methyl sites for hydroxylation is 3. The van der Waals surface area contributed by atoms with Gasteiger partial charge in [0.25, 0.3) is 5.91 Å². The van der Waals surface area contributed by atoms with Crippen molar-refractivity contribution in [2.24, 2.45) is 0 Å². The molecule has 0 aliphatic heterocycles. The quantitative estimate of drug-likeness (QED) is 0.906. The lowest BCUT2D eigenvalue weighted by molar-refractivity contribution is 0.0946. The summed E-state index contributed by atoms with van der Waals surface area (Å²) in [7, 11) is 0. The molecular weight excluding hydrogens is 271 g/mol. The van der Waals surface area contributed by atoms with Crippen molar-refractivity contribution in [3.63, 3.8) is 0 Å². The van der Waals surface area contributed by atoms with Crippen LogP contribution in [0.4, 0.5) is 10.1 Å². The van der Waals surface area contributed by atoms with Crippen molar-refractivity contribution in [1.82, 2.24) is 15.1 Å². The number of nitrogens with one attached hydrogen (secondary N) is 1. The topological polar surface area (TPSA) is 72.9 Å². The standard InChI is InChI=1S/C15H19FN4O/c1-4-20-8-12(17)14(19-20)15(21)18-7-11-5-9(2)13(16)10(3)6-11/h5-6,8H,4,7,17H2,1-3H3,(H,18,21). The number of aromatic nitrogens is 2. The maximum Gasteiger partial charge on any atom is 0.274 e. The Bertz CT molecular complexity index is 655. The fourth-order valence-corrected chi connectivity index (χ4v) is 2.18. The van der Waals surface area contributed by atoms with E-state index in [-0.39, 0.29) is 17.4 Å². The molecule has 112 valence electrons. The first-order chi connectivity index (χ1) is 9.92. The number of hydrogen-bond donors (Lipinski definition) is 2. The molecule has 0 aliphatic carbocycles. The average Bonchev–Trinajstić information content (AvgIpc) is 2.83. The summed E-state index contributed by atoms with van der Waals surface area (Å²) in [6.45, 7) is 6.27. The van der Waals surface area contributed by atoms with Gasteiger partial charge in [-0.3, -0.25) is 9.48 Å². The molecular formula is C15H19FN4O. The van der Waals surface area contributed by atoms with Crippen LogP contribution in [0, 0.1) is 19.7 Å². The zero-order chi connectivity index (χ0) is 15.6. The van der Waals surface area contributed by atoms with E-state index >= 15 is 0 Å². The molecule has 3 N–H and O–H groups in total. The number of nitrogens with zero attached hydrogens (tertiary/aromatic N) is 2. The Hall–Kier alpha value is -2.37. The van der Waals surface area contributed by atoms with Crippen molar-refractivity contribution in [2.75, 3.05) is 5.73 Å². The molecule has 0 spiro atoms. The van der Waals surface area contributed by atoms with E-state index in [9.17, 15) is 9.18 Å². The Morgan fingerprint density at radius 3 is 2.52 bits per heavy atom. The van der Waals surface area contributed by atoms with Gasteiger partial charge in [-0.05, 0) is 37.5 Å². The summed E-state index contributed by atoms with van der Waals surface area (Å²) in [5.74, 6) is -0.546. The summed E-state index contributed by atoms with van der Waals surface area (Å²) < 4.78 is 15.2. The van der Waals surface area contributed by atoms with Crippen LogP contribution in [0.2, 0.25) is 0 Å². The molecule has 2 aromatic rings. The Kier molecular flexibility index (Phi) is 4.26. The molecule has 1 heterocycles. The zero-order valence-corrected chi connectivity index (χ0v) is 12.4. The Morgan fingerprint density at radius 2 is 2.00 bits per heavy atom. The van der Waals surface area contributed by atoms with E-state index in [4.69, 9.17) is 5.73 Å². The highest BCUT2D eigenvalue weighted by Gasteiger charge is 2.14. The molecule has 1 aromatic carbocycles. The highest BCUT2D eigenvalue weighted by atomic mass is 19.1. The minimum atomic E-state index is -0.334. The second-order valence-corrected chi connectivity index (χ2v) is 5.02. The van der Waals surface area contributed by atoms with E-state index in [0.29, 0.717) is 29.9 Å². The molecule has 0 saturated heterocycles. The summed E-state index contributed by atoms with van der Waals surface area (Å²) in [6, 6.07) is 3.44. The maximum atomic E-state index is 13.6. The predicted molar refractivity (Wildman–Crippen MR) is 79.4 cm³/mol. The molecule has 2 rings (SSSR count). The number of rotatable bonds is 4. The van der Waals surface area contributed by atoms with Gasteiger partial charge in [-0.25, -0.2) is 4.39 Å². The van der Waals surface area contributed by atoms with Gasteiger partial charge in [0.1, 0.15) is 5.82 Å². The minimum absolute atomic E-state index is 0.212. The number of anilines is 1. The third kappa shape index (κ3) is 3.21. The van der Waals surface area contributed by atoms with Gasteiger partial charge in [-0.1, -0.05) is 12.1 Å². The molecule has 5 nitrogen and oxygen atoms in total. The van der Waals surface area contributed by atoms with Gasteiger partial charge in [0.05, 0.1) is 5.69 Å². The van der Waals surface area contributed by atoms with Gasteiger partial charge < -0.3 is 11.1 Å². The Balaban J connectivity index is 2.09. The van der Waals surface area contributed by atoms with Crippen molar-refractivity contribution >= 4 is 11.6 Å². The van der Waals surface area contributed by atoms with Crippen LogP contribution in [0.25, 0.3) is 0 Å². The number of benzene rings is 1. The highest BCUT2D eigenvalue weighted by Crippen LogP contribution is 2.15. The van der Waals surface area contributed by atoms with Crippen LogP contribution < -0.4 is 11.1 Å². The molecule has 6 heteroatoms. The van der Waals surface area contributed by atoms with Gasteiger partial charge in [-0.2, -0.15) is 5.10 Å². The largest absolute Gasteiger partial charge is 0.396 e. The molecule has 21 heavy (non-hydrogen) atoms. The number of nitrogen functional groups attached to an aromatic ring is 1. The number of carbonyl (C=O) groups is 1. The monoisotopic (exact) mass is 290 g/mol. The van der Waals surface area contributed by atoms with E-state index in [1.165, 1.54) is 0 Å². The van der Waals surface area contributed by atoms with Crippen molar-refractivity contribution < 1.29 is 9.18 Å². The van der Waals surface area contributed by atoms with Gasteiger partial charge in [0.15, 0.2) is 5.69 Å². The van der Waals surface area contributed by atoms with E-state index in [2.05, 4.69) is 10.4 Å². The molecule has 1 amide bonds. The predicted octanol–water partition coefficient (Wildman–Crippen LogP) is 2.17. The summed E-state index contributed by atoms with van der Waals surface area (Å²) in [6.07, 6.45) is 1.63. The van der Waals surface area contributed by atoms with Crippen LogP contribution in [0.1, 0.15) is 34.1 Å². The maximum absolute atomic E-state index is 13.6. The number of nitrogens with two attached hydrogens (primary N) is 1. The van der Waals surface area contributed by atoms with Crippen molar-refractivity contribution in [3.05, 3.63) is 46.5 Å². The van der Waals surface area contributed by atoms with Crippen LogP contribution in [0.3, 0.4) is 0 Å². The second-order valence-electron chi connectivity index (χ2n) is 5.02. The number of halogens is 1. The van der Waals surface area contributed by atoms with Crippen LogP contribution in [0.5, 0.6) is 0 Å². The molecule has 0 aliphatic rings. The normalized spacial score (nSPS) is 10.7. The van der Waals surface area contributed by atoms with Gasteiger partial charge in [-0.15, -0.1) is 0 Å². The second kappa shape index (κ2) is 5.95.